The zero-order chi connectivity index (χ0) is 24.5. The molecule has 9 heteroatoms. The minimum atomic E-state index is -0.544. The summed E-state index contributed by atoms with van der Waals surface area (Å²) in [4.78, 5) is 25.4. The van der Waals surface area contributed by atoms with Crippen molar-refractivity contribution in [1.29, 1.82) is 0 Å². The highest BCUT2D eigenvalue weighted by Gasteiger charge is 2.55. The summed E-state index contributed by atoms with van der Waals surface area (Å²) >= 11 is 0. The summed E-state index contributed by atoms with van der Waals surface area (Å²) in [7, 11) is 0. The van der Waals surface area contributed by atoms with Gasteiger partial charge in [-0.1, -0.05) is 20.4 Å². The lowest BCUT2D eigenvalue weighted by Crippen LogP contribution is -2.61. The number of aromatic nitrogens is 2. The minimum Gasteiger partial charge on any atom is -0.477 e. The normalized spacial score (nSPS) is 29.6. The van der Waals surface area contributed by atoms with Gasteiger partial charge in [0, 0.05) is 30.9 Å². The number of nitrogens with one attached hydrogen (secondary N) is 2. The van der Waals surface area contributed by atoms with E-state index in [1.165, 1.54) is 17.0 Å². The zero-order valence-corrected chi connectivity index (χ0v) is 20.1. The molecule has 0 spiro atoms. The van der Waals surface area contributed by atoms with Gasteiger partial charge in [-0.3, -0.25) is 9.59 Å². The van der Waals surface area contributed by atoms with E-state index in [1.807, 2.05) is 13.8 Å². The van der Waals surface area contributed by atoms with E-state index in [1.54, 1.807) is 6.20 Å². The van der Waals surface area contributed by atoms with Crippen LogP contribution in [0, 0.1) is 23.7 Å². The molecular formula is C25H37N5O4. The summed E-state index contributed by atoms with van der Waals surface area (Å²) in [6.07, 6.45) is 9.15. The van der Waals surface area contributed by atoms with Crippen LogP contribution in [0.5, 0.6) is 5.88 Å². The van der Waals surface area contributed by atoms with Gasteiger partial charge in [-0.2, -0.15) is 5.10 Å². The van der Waals surface area contributed by atoms with Crippen LogP contribution >= 0.6 is 0 Å². The number of amides is 2. The molecule has 2 amide bonds. The van der Waals surface area contributed by atoms with Crippen molar-refractivity contribution in [3.05, 3.63) is 30.0 Å². The van der Waals surface area contributed by atoms with E-state index in [-0.39, 0.29) is 29.3 Å². The van der Waals surface area contributed by atoms with E-state index >= 15 is 0 Å². The fraction of sp³-hybridized carbons (Fsp3) is 0.640. The van der Waals surface area contributed by atoms with Crippen LogP contribution in [-0.2, 0) is 4.79 Å². The van der Waals surface area contributed by atoms with Gasteiger partial charge < -0.3 is 26.2 Å². The summed E-state index contributed by atoms with van der Waals surface area (Å²) in [5, 5.41) is 21.1. The molecule has 34 heavy (non-hydrogen) atoms. The third-order valence-corrected chi connectivity index (χ3v) is 7.22. The first-order valence-electron chi connectivity index (χ1n) is 12.3. The van der Waals surface area contributed by atoms with Crippen molar-refractivity contribution in [3.8, 4) is 5.88 Å². The lowest BCUT2D eigenvalue weighted by molar-refractivity contribution is -0.136. The number of carbonyl (C=O) groups excluding carboxylic acids is 2. The van der Waals surface area contributed by atoms with E-state index in [9.17, 15) is 14.7 Å². The van der Waals surface area contributed by atoms with E-state index < -0.39 is 5.60 Å². The van der Waals surface area contributed by atoms with Crippen LogP contribution in [-0.4, -0.2) is 58.0 Å². The predicted molar refractivity (Wildman–Crippen MR) is 129 cm³/mol. The van der Waals surface area contributed by atoms with Crippen LogP contribution in [0.25, 0.3) is 6.20 Å². The molecule has 4 aliphatic carbocycles. The number of aliphatic hydroxyl groups is 1. The van der Waals surface area contributed by atoms with Crippen LogP contribution in [0.3, 0.4) is 0 Å². The molecule has 4 bridgehead atoms. The lowest BCUT2D eigenvalue weighted by Gasteiger charge is -2.58. The Morgan fingerprint density at radius 1 is 1.35 bits per heavy atom. The Morgan fingerprint density at radius 2 is 2.06 bits per heavy atom. The quantitative estimate of drug-likeness (QED) is 0.303. The van der Waals surface area contributed by atoms with Gasteiger partial charge >= 0.3 is 0 Å². The van der Waals surface area contributed by atoms with Gasteiger partial charge in [-0.05, 0) is 61.9 Å². The number of nitrogens with zero attached hydrogens (tertiary/aromatic N) is 2. The maximum Gasteiger partial charge on any atom is 0.258 e. The third-order valence-electron chi connectivity index (χ3n) is 7.22. The summed E-state index contributed by atoms with van der Waals surface area (Å²) in [5.41, 5.74) is 5.48. The first-order chi connectivity index (χ1) is 16.2. The fourth-order valence-corrected chi connectivity index (χ4v) is 5.98. The molecule has 1 aromatic heterocycles. The lowest BCUT2D eigenvalue weighted by atomic mass is 9.52. The van der Waals surface area contributed by atoms with Gasteiger partial charge in [-0.15, -0.1) is 0 Å². The molecule has 5 N–H and O–H groups in total. The molecular weight excluding hydrogens is 434 g/mol. The van der Waals surface area contributed by atoms with Gasteiger partial charge in [0.15, 0.2) is 0 Å². The van der Waals surface area contributed by atoms with Gasteiger partial charge in [0.1, 0.15) is 5.56 Å². The molecule has 2 atom stereocenters. The van der Waals surface area contributed by atoms with Crippen molar-refractivity contribution >= 4 is 18.0 Å². The Balaban J connectivity index is 1.49. The summed E-state index contributed by atoms with van der Waals surface area (Å²) in [6, 6.07) is 0.0622. The fourth-order valence-electron chi connectivity index (χ4n) is 5.98. The Hall–Kier alpha value is -2.65. The maximum absolute atomic E-state index is 13.3. The number of hydrogen-bond acceptors (Lipinski definition) is 6. The Kier molecular flexibility index (Phi) is 7.14. The molecule has 4 aliphatic rings. The molecule has 0 radical (unpaired) electrons. The molecule has 186 valence electrons. The molecule has 2 unspecified atom stereocenters. The van der Waals surface area contributed by atoms with Crippen molar-refractivity contribution in [2.24, 2.45) is 29.4 Å². The average Bonchev–Trinajstić information content (AvgIpc) is 3.18. The number of nitrogens with two attached hydrogens (primary N) is 1. The number of carbonyl (C=O) groups is 2. The number of rotatable bonds is 10. The largest absolute Gasteiger partial charge is 0.477 e. The first kappa shape index (κ1) is 24.5. The van der Waals surface area contributed by atoms with E-state index in [0.717, 1.165) is 32.1 Å². The van der Waals surface area contributed by atoms with Crippen molar-refractivity contribution in [3.63, 3.8) is 0 Å². The Bertz CT molecular complexity index is 953. The van der Waals surface area contributed by atoms with Gasteiger partial charge in [-0.25, -0.2) is 4.68 Å². The topological polar surface area (TPSA) is 132 Å². The van der Waals surface area contributed by atoms with E-state index in [0.29, 0.717) is 48.9 Å². The van der Waals surface area contributed by atoms with Crippen LogP contribution < -0.4 is 21.1 Å². The van der Waals surface area contributed by atoms with Crippen molar-refractivity contribution in [2.75, 3.05) is 19.7 Å². The summed E-state index contributed by atoms with van der Waals surface area (Å²) in [6.45, 7) is 8.95. The molecule has 4 saturated carbocycles. The van der Waals surface area contributed by atoms with Crippen molar-refractivity contribution in [2.45, 2.75) is 57.6 Å². The molecule has 4 fully saturated rings. The van der Waals surface area contributed by atoms with Crippen molar-refractivity contribution < 1.29 is 19.4 Å². The zero-order valence-electron chi connectivity index (χ0n) is 20.1. The maximum atomic E-state index is 13.3. The van der Waals surface area contributed by atoms with E-state index in [4.69, 9.17) is 10.5 Å². The monoisotopic (exact) mass is 471 g/mol. The second-order valence-electron chi connectivity index (χ2n) is 10.6. The summed E-state index contributed by atoms with van der Waals surface area (Å²) < 4.78 is 7.43. The molecule has 1 aromatic rings. The molecule has 0 saturated heterocycles. The number of hydrogen-bond donors (Lipinski definition) is 4. The summed E-state index contributed by atoms with van der Waals surface area (Å²) in [5.74, 6) is 1.24. The second kappa shape index (κ2) is 9.92. The highest BCUT2D eigenvalue weighted by Crippen LogP contribution is 2.55. The van der Waals surface area contributed by atoms with Crippen LogP contribution in [0.2, 0.25) is 0 Å². The Morgan fingerprint density at radius 3 is 2.68 bits per heavy atom. The second-order valence-corrected chi connectivity index (χ2v) is 10.6. The van der Waals surface area contributed by atoms with Gasteiger partial charge in [0.05, 0.1) is 18.4 Å². The highest BCUT2D eigenvalue weighted by molar-refractivity contribution is 5.97. The third kappa shape index (κ3) is 5.20. The van der Waals surface area contributed by atoms with Gasteiger partial charge in [0.2, 0.25) is 5.88 Å². The van der Waals surface area contributed by atoms with Crippen LogP contribution in [0.1, 0.15) is 56.3 Å². The molecule has 5 rings (SSSR count). The average molecular weight is 472 g/mol. The van der Waals surface area contributed by atoms with Crippen LogP contribution in [0.15, 0.2) is 24.4 Å². The molecule has 0 aliphatic heterocycles. The SMILES string of the molecule is C=C(/C=C/n1ncc(C(=O)NC2C3CC4CC2CC(O)(C4)C3)c1OCC(C)C)C(=O)NCCN. The van der Waals surface area contributed by atoms with Gasteiger partial charge in [0.25, 0.3) is 11.8 Å². The van der Waals surface area contributed by atoms with Crippen LogP contribution in [0.4, 0.5) is 0 Å². The molecule has 0 aromatic carbocycles. The molecule has 1 heterocycles. The predicted octanol–water partition coefficient (Wildman–Crippen LogP) is 1.69. The minimum absolute atomic E-state index is 0.0622. The molecule has 9 nitrogen and oxygen atoms in total. The smallest absolute Gasteiger partial charge is 0.258 e. The Labute approximate surface area is 200 Å². The number of ether oxygens (including phenoxy) is 1. The standard InChI is InChI=1S/C25H37N5O4/c1-15(2)14-34-24-20(13-28-30(24)7-4-16(3)22(31)27-6-5-26)23(32)29-21-18-8-17-9-19(21)12-25(33,10-17)11-18/h4,7,13,15,17-19,21,33H,3,5-6,8-12,14,26H2,1-2H3,(H,27,31)(H,29,32)/b7-4+. The first-order valence-corrected chi connectivity index (χ1v) is 12.3. The van der Waals surface area contributed by atoms with E-state index in [2.05, 4.69) is 22.3 Å². The highest BCUT2D eigenvalue weighted by atomic mass is 16.5. The van der Waals surface area contributed by atoms with Crippen molar-refractivity contribution in [1.82, 2.24) is 20.4 Å².